The van der Waals surface area contributed by atoms with Crippen molar-refractivity contribution >= 4 is 0 Å². The molecule has 0 radical (unpaired) electrons. The van der Waals surface area contributed by atoms with Gasteiger partial charge in [0.25, 0.3) is 0 Å². The second kappa shape index (κ2) is 6.20. The molecule has 1 aliphatic heterocycles. The van der Waals surface area contributed by atoms with Crippen LogP contribution in [-0.4, -0.2) is 39.5 Å². The van der Waals surface area contributed by atoms with Crippen molar-refractivity contribution in [2.45, 2.75) is 58.0 Å². The largest absolute Gasteiger partial charge is 0.433 e. The van der Waals surface area contributed by atoms with Gasteiger partial charge in [0.15, 0.2) is 0 Å². The Balaban J connectivity index is 2.18. The predicted molar refractivity (Wildman–Crippen MR) is 77.3 cm³/mol. The number of hydrogen-bond acceptors (Lipinski definition) is 3. The summed E-state index contributed by atoms with van der Waals surface area (Å²) in [7, 11) is 1.33. The van der Waals surface area contributed by atoms with Gasteiger partial charge >= 0.3 is 6.18 Å². The summed E-state index contributed by atoms with van der Waals surface area (Å²) in [6.07, 6.45) is -1.38. The maximum absolute atomic E-state index is 13.2. The number of ether oxygens (including phenoxy) is 1. The van der Waals surface area contributed by atoms with E-state index in [1.165, 1.54) is 13.2 Å². The lowest BCUT2D eigenvalue weighted by atomic mass is 9.92. The molecule has 1 aliphatic rings. The van der Waals surface area contributed by atoms with Gasteiger partial charge in [-0.15, -0.1) is 0 Å². The van der Waals surface area contributed by atoms with Gasteiger partial charge in [0.05, 0.1) is 11.8 Å². The summed E-state index contributed by atoms with van der Waals surface area (Å²) in [6, 6.07) is 0.232. The maximum Gasteiger partial charge on any atom is 0.433 e. The Morgan fingerprint density at radius 1 is 1.45 bits per heavy atom. The molecule has 0 bridgehead atoms. The van der Waals surface area contributed by atoms with E-state index in [0.29, 0.717) is 13.2 Å². The van der Waals surface area contributed by atoms with Crippen molar-refractivity contribution in [3.05, 3.63) is 17.5 Å². The number of halogens is 3. The van der Waals surface area contributed by atoms with Crippen LogP contribution in [-0.2, 0) is 24.5 Å². The van der Waals surface area contributed by atoms with Gasteiger partial charge in [-0.3, -0.25) is 9.58 Å². The highest BCUT2D eigenvalue weighted by molar-refractivity contribution is 5.20. The number of nitrogens with zero attached hydrogens (tertiary/aromatic N) is 3. The standard InChI is InChI=1S/C15H24F3N3O/c1-5-21(12-6-7-22-14(2,3)8-12)10-11-9-19-20(4)13(11)15(16,17)18/h9,12H,5-8,10H2,1-4H3. The topological polar surface area (TPSA) is 30.3 Å². The fourth-order valence-corrected chi connectivity index (χ4v) is 3.19. The van der Waals surface area contributed by atoms with E-state index in [0.717, 1.165) is 17.5 Å². The highest BCUT2D eigenvalue weighted by atomic mass is 19.4. The second-order valence-electron chi connectivity index (χ2n) is 6.46. The highest BCUT2D eigenvalue weighted by Gasteiger charge is 2.38. The molecule has 1 aromatic heterocycles. The molecule has 22 heavy (non-hydrogen) atoms. The molecular weight excluding hydrogens is 295 g/mol. The van der Waals surface area contributed by atoms with Crippen LogP contribution in [0.4, 0.5) is 13.2 Å². The molecule has 0 spiro atoms. The van der Waals surface area contributed by atoms with E-state index in [1.807, 2.05) is 20.8 Å². The van der Waals surface area contributed by atoms with Crippen LogP contribution in [0.3, 0.4) is 0 Å². The first kappa shape index (κ1) is 17.3. The number of hydrogen-bond donors (Lipinski definition) is 0. The predicted octanol–water partition coefficient (Wildman–Crippen LogP) is 3.22. The quantitative estimate of drug-likeness (QED) is 0.853. The molecule has 1 unspecified atom stereocenters. The van der Waals surface area contributed by atoms with Gasteiger partial charge in [-0.05, 0) is 33.2 Å². The van der Waals surface area contributed by atoms with Gasteiger partial charge in [0.1, 0.15) is 5.69 Å². The molecule has 1 fully saturated rings. The summed E-state index contributed by atoms with van der Waals surface area (Å²) in [4.78, 5) is 2.09. The smallest absolute Gasteiger partial charge is 0.375 e. The lowest BCUT2D eigenvalue weighted by Crippen LogP contribution is -2.45. The van der Waals surface area contributed by atoms with Gasteiger partial charge < -0.3 is 4.74 Å². The molecular formula is C15H24F3N3O. The van der Waals surface area contributed by atoms with E-state index < -0.39 is 11.9 Å². The molecule has 0 N–H and O–H groups in total. The average molecular weight is 319 g/mol. The van der Waals surface area contributed by atoms with Crippen LogP contribution in [0.15, 0.2) is 6.20 Å². The lowest BCUT2D eigenvalue weighted by Gasteiger charge is -2.41. The first-order valence-electron chi connectivity index (χ1n) is 7.60. The molecule has 0 aromatic carbocycles. The fraction of sp³-hybridized carbons (Fsp3) is 0.800. The lowest BCUT2D eigenvalue weighted by molar-refractivity contribution is -0.144. The van der Waals surface area contributed by atoms with Crippen LogP contribution < -0.4 is 0 Å². The molecule has 126 valence electrons. The molecule has 0 amide bonds. The average Bonchev–Trinajstić information content (AvgIpc) is 2.75. The molecule has 4 nitrogen and oxygen atoms in total. The van der Waals surface area contributed by atoms with Crippen LogP contribution in [0.2, 0.25) is 0 Å². The Hall–Kier alpha value is -1.08. The SMILES string of the molecule is CCN(Cc1cnn(C)c1C(F)(F)F)C1CCOC(C)(C)C1. The molecule has 1 saturated heterocycles. The molecule has 2 heterocycles. The number of aryl methyl sites for hydroxylation is 1. The van der Waals surface area contributed by atoms with Crippen molar-refractivity contribution in [2.24, 2.45) is 7.05 Å². The Labute approximate surface area is 129 Å². The Kier molecular flexibility index (Phi) is 4.87. The van der Waals surface area contributed by atoms with Gasteiger partial charge in [-0.25, -0.2) is 0 Å². The van der Waals surface area contributed by atoms with Gasteiger partial charge in [-0.1, -0.05) is 6.92 Å². The minimum Gasteiger partial charge on any atom is -0.375 e. The van der Waals surface area contributed by atoms with E-state index in [9.17, 15) is 13.2 Å². The fourth-order valence-electron chi connectivity index (χ4n) is 3.19. The number of rotatable bonds is 4. The molecule has 1 aromatic rings. The summed E-state index contributed by atoms with van der Waals surface area (Å²) in [5.74, 6) is 0. The van der Waals surface area contributed by atoms with Crippen LogP contribution >= 0.6 is 0 Å². The summed E-state index contributed by atoms with van der Waals surface area (Å²) in [5.41, 5.74) is -0.642. The van der Waals surface area contributed by atoms with Crippen LogP contribution in [0.1, 0.15) is 44.9 Å². The number of aromatic nitrogens is 2. The minimum absolute atomic E-state index is 0.224. The Morgan fingerprint density at radius 2 is 2.14 bits per heavy atom. The van der Waals surface area contributed by atoms with Crippen molar-refractivity contribution < 1.29 is 17.9 Å². The van der Waals surface area contributed by atoms with Gasteiger partial charge in [-0.2, -0.15) is 18.3 Å². The Bertz CT molecular complexity index is 511. The van der Waals surface area contributed by atoms with Crippen molar-refractivity contribution in [2.75, 3.05) is 13.2 Å². The summed E-state index contributed by atoms with van der Waals surface area (Å²) >= 11 is 0. The van der Waals surface area contributed by atoms with E-state index in [2.05, 4.69) is 10.00 Å². The zero-order valence-corrected chi connectivity index (χ0v) is 13.6. The van der Waals surface area contributed by atoms with E-state index in [4.69, 9.17) is 4.74 Å². The Morgan fingerprint density at radius 3 is 2.68 bits per heavy atom. The van der Waals surface area contributed by atoms with Crippen molar-refractivity contribution in [1.82, 2.24) is 14.7 Å². The van der Waals surface area contributed by atoms with Crippen molar-refractivity contribution in [3.8, 4) is 0 Å². The van der Waals surface area contributed by atoms with Gasteiger partial charge in [0.2, 0.25) is 0 Å². The monoisotopic (exact) mass is 319 g/mol. The zero-order valence-electron chi connectivity index (χ0n) is 13.6. The molecule has 1 atom stereocenters. The van der Waals surface area contributed by atoms with E-state index in [1.54, 1.807) is 0 Å². The molecule has 2 rings (SSSR count). The summed E-state index contributed by atoms with van der Waals surface area (Å²) in [6.45, 7) is 7.64. The first-order valence-corrected chi connectivity index (χ1v) is 7.60. The maximum atomic E-state index is 13.2. The normalized spacial score (nSPS) is 22.3. The summed E-state index contributed by atoms with van der Waals surface area (Å²) < 4.78 is 46.1. The third-order valence-corrected chi connectivity index (χ3v) is 4.25. The first-order chi connectivity index (χ1) is 10.1. The zero-order chi connectivity index (χ0) is 16.5. The van der Waals surface area contributed by atoms with Crippen LogP contribution in [0.25, 0.3) is 0 Å². The van der Waals surface area contributed by atoms with Crippen molar-refractivity contribution in [1.29, 1.82) is 0 Å². The van der Waals surface area contributed by atoms with Crippen molar-refractivity contribution in [3.63, 3.8) is 0 Å². The highest BCUT2D eigenvalue weighted by Crippen LogP contribution is 2.33. The van der Waals surface area contributed by atoms with Gasteiger partial charge in [0, 0.05) is 31.8 Å². The third-order valence-electron chi connectivity index (χ3n) is 4.25. The second-order valence-corrected chi connectivity index (χ2v) is 6.46. The van der Waals surface area contributed by atoms with Crippen LogP contribution in [0.5, 0.6) is 0 Å². The molecule has 0 aliphatic carbocycles. The van der Waals surface area contributed by atoms with E-state index in [-0.39, 0.29) is 23.8 Å². The number of alkyl halides is 3. The molecule has 0 saturated carbocycles. The summed E-state index contributed by atoms with van der Waals surface area (Å²) in [5, 5.41) is 3.79. The minimum atomic E-state index is -4.38. The van der Waals surface area contributed by atoms with E-state index >= 15 is 0 Å². The third kappa shape index (κ3) is 3.81. The van der Waals surface area contributed by atoms with Crippen LogP contribution in [0, 0.1) is 0 Å². The molecule has 7 heteroatoms.